The molecule has 0 aliphatic carbocycles. The van der Waals surface area contributed by atoms with Gasteiger partial charge in [0.2, 0.25) is 11.8 Å². The van der Waals surface area contributed by atoms with Crippen LogP contribution < -0.4 is 4.90 Å². The smallest absolute Gasteiger partial charge is 0.308 e. The van der Waals surface area contributed by atoms with Crippen molar-refractivity contribution in [1.29, 1.82) is 0 Å². The lowest BCUT2D eigenvalue weighted by Gasteiger charge is -2.22. The molecule has 2 fully saturated rings. The normalized spacial score (nSPS) is 22.9. The monoisotopic (exact) mass is 366 g/mol. The molecular weight excluding hydrogens is 344 g/mol. The highest BCUT2D eigenvalue weighted by atomic mass is 35.5. The van der Waals surface area contributed by atoms with Gasteiger partial charge in [0.05, 0.1) is 11.8 Å². The highest BCUT2D eigenvalue weighted by Crippen LogP contribution is 2.31. The zero-order valence-electron chi connectivity index (χ0n) is 14.4. The first kappa shape index (κ1) is 19.2. The number of benzene rings is 1. The number of nitrogens with zero attached hydrogens (tertiary/aromatic N) is 2. The summed E-state index contributed by atoms with van der Waals surface area (Å²) in [5.41, 5.74) is 3.02. The summed E-state index contributed by atoms with van der Waals surface area (Å²) >= 11 is 0. The number of amides is 2. The molecule has 136 valence electrons. The predicted octanol–water partition coefficient (Wildman–Crippen LogP) is 2.01. The van der Waals surface area contributed by atoms with Gasteiger partial charge in [-0.3, -0.25) is 14.4 Å². The van der Waals surface area contributed by atoms with Crippen molar-refractivity contribution in [2.24, 2.45) is 11.8 Å². The lowest BCUT2D eigenvalue weighted by atomic mass is 10.1. The van der Waals surface area contributed by atoms with Crippen LogP contribution in [0.3, 0.4) is 0 Å². The van der Waals surface area contributed by atoms with Crippen molar-refractivity contribution in [1.82, 2.24) is 4.90 Å². The number of hydrogen-bond donors (Lipinski definition) is 1. The van der Waals surface area contributed by atoms with Crippen LogP contribution in [0.15, 0.2) is 18.2 Å². The quantitative estimate of drug-likeness (QED) is 0.887. The summed E-state index contributed by atoms with van der Waals surface area (Å²) in [5, 5.41) is 9.07. The second-order valence-electron chi connectivity index (χ2n) is 6.73. The van der Waals surface area contributed by atoms with E-state index < -0.39 is 11.9 Å². The van der Waals surface area contributed by atoms with E-state index in [4.69, 9.17) is 5.11 Å². The first-order valence-corrected chi connectivity index (χ1v) is 8.26. The minimum Gasteiger partial charge on any atom is -0.481 e. The van der Waals surface area contributed by atoms with Crippen LogP contribution in [-0.2, 0) is 14.4 Å². The molecule has 6 nitrogen and oxygen atoms in total. The Balaban J connectivity index is 0.00000225. The topological polar surface area (TPSA) is 77.9 Å². The van der Waals surface area contributed by atoms with Gasteiger partial charge in [-0.15, -0.1) is 12.4 Å². The highest BCUT2D eigenvalue weighted by molar-refractivity contribution is 6.01. The fourth-order valence-electron chi connectivity index (χ4n) is 3.55. The maximum atomic E-state index is 12.6. The van der Waals surface area contributed by atoms with Crippen molar-refractivity contribution in [3.63, 3.8) is 0 Å². The Morgan fingerprint density at radius 1 is 1.16 bits per heavy atom. The van der Waals surface area contributed by atoms with Crippen LogP contribution in [0.25, 0.3) is 0 Å². The third kappa shape index (κ3) is 3.63. The first-order chi connectivity index (χ1) is 11.4. The lowest BCUT2D eigenvalue weighted by Crippen LogP contribution is -2.36. The third-order valence-corrected chi connectivity index (χ3v) is 5.19. The molecule has 2 aliphatic rings. The number of carbonyl (C=O) groups is 3. The molecule has 0 bridgehead atoms. The Bertz CT molecular complexity index is 706. The summed E-state index contributed by atoms with van der Waals surface area (Å²) in [7, 11) is 0. The van der Waals surface area contributed by atoms with Crippen molar-refractivity contribution < 1.29 is 19.5 Å². The largest absolute Gasteiger partial charge is 0.481 e. The highest BCUT2D eigenvalue weighted by Gasteiger charge is 2.40. The summed E-state index contributed by atoms with van der Waals surface area (Å²) in [6, 6.07) is 5.82. The van der Waals surface area contributed by atoms with E-state index in [1.54, 1.807) is 9.80 Å². The molecule has 3 rings (SSSR count). The van der Waals surface area contributed by atoms with E-state index in [9.17, 15) is 14.4 Å². The van der Waals surface area contributed by atoms with Gasteiger partial charge in [-0.1, -0.05) is 12.1 Å². The average molecular weight is 367 g/mol. The van der Waals surface area contributed by atoms with E-state index in [1.807, 2.05) is 32.0 Å². The Morgan fingerprint density at radius 2 is 1.88 bits per heavy atom. The fraction of sp³-hybridized carbons (Fsp3) is 0.500. The first-order valence-electron chi connectivity index (χ1n) is 8.26. The van der Waals surface area contributed by atoms with Crippen molar-refractivity contribution in [2.75, 3.05) is 24.5 Å². The molecule has 1 N–H and O–H groups in total. The summed E-state index contributed by atoms with van der Waals surface area (Å²) in [4.78, 5) is 39.4. The van der Waals surface area contributed by atoms with Gasteiger partial charge in [-0.25, -0.2) is 0 Å². The van der Waals surface area contributed by atoms with E-state index in [-0.39, 0.29) is 43.1 Å². The minimum atomic E-state index is -0.857. The molecule has 0 aromatic heterocycles. The van der Waals surface area contributed by atoms with Gasteiger partial charge < -0.3 is 14.9 Å². The van der Waals surface area contributed by atoms with Crippen LogP contribution in [0.4, 0.5) is 5.69 Å². The fourth-order valence-corrected chi connectivity index (χ4v) is 3.55. The molecule has 0 spiro atoms. The van der Waals surface area contributed by atoms with E-state index in [0.717, 1.165) is 16.8 Å². The Hall–Kier alpha value is -2.08. The van der Waals surface area contributed by atoms with Crippen LogP contribution in [-0.4, -0.2) is 47.4 Å². The van der Waals surface area contributed by atoms with Crippen molar-refractivity contribution >= 4 is 35.9 Å². The van der Waals surface area contributed by atoms with Crippen molar-refractivity contribution in [3.8, 4) is 0 Å². The Labute approximate surface area is 153 Å². The van der Waals surface area contributed by atoms with Gasteiger partial charge >= 0.3 is 5.97 Å². The van der Waals surface area contributed by atoms with Crippen LogP contribution >= 0.6 is 12.4 Å². The molecule has 0 saturated carbocycles. The molecule has 25 heavy (non-hydrogen) atoms. The number of aliphatic carboxylic acids is 1. The molecule has 0 radical (unpaired) electrons. The predicted molar refractivity (Wildman–Crippen MR) is 95.9 cm³/mol. The zero-order valence-corrected chi connectivity index (χ0v) is 15.2. The second-order valence-corrected chi connectivity index (χ2v) is 6.73. The molecule has 1 aromatic rings. The molecule has 1 aromatic carbocycles. The average Bonchev–Trinajstić information content (AvgIpc) is 3.16. The van der Waals surface area contributed by atoms with Gasteiger partial charge in [0, 0.05) is 31.7 Å². The number of carboxylic acids is 1. The van der Waals surface area contributed by atoms with Crippen molar-refractivity contribution in [2.45, 2.75) is 26.7 Å². The number of carbonyl (C=O) groups excluding carboxylic acids is 2. The van der Waals surface area contributed by atoms with E-state index in [1.165, 1.54) is 0 Å². The molecule has 2 heterocycles. The molecule has 2 atom stereocenters. The van der Waals surface area contributed by atoms with Crippen LogP contribution in [0.2, 0.25) is 0 Å². The van der Waals surface area contributed by atoms with Crippen LogP contribution in [0.1, 0.15) is 24.0 Å². The lowest BCUT2D eigenvalue weighted by molar-refractivity contribution is -0.141. The number of anilines is 1. The van der Waals surface area contributed by atoms with E-state index in [2.05, 4.69) is 0 Å². The molecule has 2 unspecified atom stereocenters. The Morgan fingerprint density at radius 3 is 2.52 bits per heavy atom. The number of hydrogen-bond acceptors (Lipinski definition) is 3. The molecule has 7 heteroatoms. The summed E-state index contributed by atoms with van der Waals surface area (Å²) < 4.78 is 0. The van der Waals surface area contributed by atoms with Gasteiger partial charge in [-0.05, 0) is 37.5 Å². The summed E-state index contributed by atoms with van der Waals surface area (Å²) in [6.45, 7) is 5.06. The SMILES string of the molecule is Cc1cccc(N2CC(C(=O)N3CCC(C(=O)O)C3)CC2=O)c1C.Cl. The van der Waals surface area contributed by atoms with E-state index in [0.29, 0.717) is 19.5 Å². The summed E-state index contributed by atoms with van der Waals surface area (Å²) in [5.74, 6) is -1.87. The van der Waals surface area contributed by atoms with Gasteiger partial charge in [-0.2, -0.15) is 0 Å². The number of likely N-dealkylation sites (tertiary alicyclic amines) is 1. The van der Waals surface area contributed by atoms with Gasteiger partial charge in [0.15, 0.2) is 0 Å². The molecule has 2 aliphatic heterocycles. The van der Waals surface area contributed by atoms with Gasteiger partial charge in [0.1, 0.15) is 0 Å². The standard InChI is InChI=1S/C18H22N2O4.ClH/c1-11-4-3-5-15(12(11)2)20-10-14(8-16(20)21)17(22)19-7-6-13(9-19)18(23)24;/h3-5,13-14H,6-10H2,1-2H3,(H,23,24);1H. The van der Waals surface area contributed by atoms with Crippen LogP contribution in [0.5, 0.6) is 0 Å². The summed E-state index contributed by atoms with van der Waals surface area (Å²) in [6.07, 6.45) is 0.683. The maximum absolute atomic E-state index is 12.6. The third-order valence-electron chi connectivity index (χ3n) is 5.19. The Kier molecular flexibility index (Phi) is 5.72. The number of rotatable bonds is 3. The van der Waals surface area contributed by atoms with Gasteiger partial charge in [0.25, 0.3) is 0 Å². The van der Waals surface area contributed by atoms with E-state index >= 15 is 0 Å². The molecular formula is C18H23ClN2O4. The van der Waals surface area contributed by atoms with Crippen LogP contribution in [0, 0.1) is 25.7 Å². The zero-order chi connectivity index (χ0) is 17.4. The minimum absolute atomic E-state index is 0. The molecule has 2 saturated heterocycles. The number of carboxylic acid groups (broad SMARTS) is 1. The second kappa shape index (κ2) is 7.44. The number of aryl methyl sites for hydroxylation is 1. The molecule has 2 amide bonds. The van der Waals surface area contributed by atoms with Crippen molar-refractivity contribution in [3.05, 3.63) is 29.3 Å². The maximum Gasteiger partial charge on any atom is 0.308 e. The number of halogens is 1.